The van der Waals surface area contributed by atoms with Gasteiger partial charge in [0, 0.05) is 18.2 Å². The Labute approximate surface area is 248 Å². The molecule has 7 heteroatoms. The first-order valence-corrected chi connectivity index (χ1v) is 15.6. The van der Waals surface area contributed by atoms with Crippen LogP contribution in [0.5, 0.6) is 0 Å². The average Bonchev–Trinajstić information content (AvgIpc) is 2.92. The van der Waals surface area contributed by atoms with Crippen molar-refractivity contribution in [2.24, 2.45) is 5.92 Å². The highest BCUT2D eigenvalue weighted by molar-refractivity contribution is 5.92. The lowest BCUT2D eigenvalue weighted by atomic mass is 9.94. The van der Waals surface area contributed by atoms with Gasteiger partial charge in [0.2, 0.25) is 11.8 Å². The van der Waals surface area contributed by atoms with E-state index in [2.05, 4.69) is 23.5 Å². The fourth-order valence-corrected chi connectivity index (χ4v) is 5.32. The molecule has 7 nitrogen and oxygen atoms in total. The van der Waals surface area contributed by atoms with Gasteiger partial charge in [0.05, 0.1) is 0 Å². The molecule has 2 N–H and O–H groups in total. The lowest BCUT2D eigenvalue weighted by Gasteiger charge is -2.36. The lowest BCUT2D eigenvalue weighted by molar-refractivity contribution is -0.143. The van der Waals surface area contributed by atoms with Crippen molar-refractivity contribution < 1.29 is 19.1 Å². The summed E-state index contributed by atoms with van der Waals surface area (Å²) in [7, 11) is 0. The van der Waals surface area contributed by atoms with Crippen molar-refractivity contribution in [1.29, 1.82) is 0 Å². The molecule has 0 radical (unpaired) electrons. The van der Waals surface area contributed by atoms with Gasteiger partial charge in [-0.2, -0.15) is 0 Å². The zero-order valence-corrected chi connectivity index (χ0v) is 26.3. The predicted molar refractivity (Wildman–Crippen MR) is 165 cm³/mol. The van der Waals surface area contributed by atoms with Gasteiger partial charge in [-0.15, -0.1) is 6.42 Å². The number of carbonyl (C=O) groups excluding carboxylic acids is 3. The van der Waals surface area contributed by atoms with E-state index < -0.39 is 23.8 Å². The maximum atomic E-state index is 14.3. The number of benzene rings is 1. The Bertz CT molecular complexity index is 1000. The number of nitrogens with zero attached hydrogens (tertiary/aromatic N) is 1. The fourth-order valence-electron chi connectivity index (χ4n) is 5.32. The van der Waals surface area contributed by atoms with Gasteiger partial charge in [-0.05, 0) is 63.6 Å². The Morgan fingerprint density at radius 3 is 2.17 bits per heavy atom. The molecule has 1 aliphatic carbocycles. The van der Waals surface area contributed by atoms with Crippen molar-refractivity contribution in [3.05, 3.63) is 35.4 Å². The minimum Gasteiger partial charge on any atom is -0.444 e. The summed E-state index contributed by atoms with van der Waals surface area (Å²) in [6, 6.07) is 5.70. The molecule has 2 atom stereocenters. The second-order valence-electron chi connectivity index (χ2n) is 12.7. The first kappa shape index (κ1) is 34.2. The molecule has 0 bridgehead atoms. The highest BCUT2D eigenvalue weighted by Gasteiger charge is 2.38. The van der Waals surface area contributed by atoms with Crippen LogP contribution in [0.3, 0.4) is 0 Å². The molecule has 0 saturated heterocycles. The molecule has 2 rings (SSSR count). The third kappa shape index (κ3) is 11.8. The van der Waals surface area contributed by atoms with Crippen molar-refractivity contribution in [2.45, 2.75) is 136 Å². The number of unbranched alkanes of at least 4 members (excludes halogenated alkanes) is 5. The van der Waals surface area contributed by atoms with Crippen LogP contribution in [0.4, 0.5) is 4.79 Å². The van der Waals surface area contributed by atoms with Gasteiger partial charge in [0.15, 0.2) is 0 Å². The summed E-state index contributed by atoms with van der Waals surface area (Å²) in [5.41, 5.74) is 0.714. The number of alkyl carbamates (subject to hydrolysis) is 1. The molecule has 0 heterocycles. The molecule has 1 saturated carbocycles. The Hall–Kier alpha value is -3.01. The van der Waals surface area contributed by atoms with Crippen LogP contribution < -0.4 is 10.6 Å². The van der Waals surface area contributed by atoms with E-state index in [0.717, 1.165) is 57.8 Å². The molecule has 228 valence electrons. The molecule has 1 aliphatic rings. The number of amides is 3. The number of carbonyl (C=O) groups is 3. The van der Waals surface area contributed by atoms with Crippen molar-refractivity contribution in [3.63, 3.8) is 0 Å². The van der Waals surface area contributed by atoms with Crippen LogP contribution in [0.15, 0.2) is 24.3 Å². The van der Waals surface area contributed by atoms with Gasteiger partial charge < -0.3 is 20.3 Å². The van der Waals surface area contributed by atoms with Gasteiger partial charge in [0.25, 0.3) is 0 Å². The van der Waals surface area contributed by atoms with Gasteiger partial charge in [-0.25, -0.2) is 4.79 Å². The molecular weight excluding hydrogens is 514 g/mol. The van der Waals surface area contributed by atoms with E-state index >= 15 is 0 Å². The van der Waals surface area contributed by atoms with Crippen LogP contribution in [0.2, 0.25) is 0 Å². The third-order valence-electron chi connectivity index (χ3n) is 7.55. The largest absolute Gasteiger partial charge is 0.444 e. The summed E-state index contributed by atoms with van der Waals surface area (Å²) in [5.74, 6) is 1.94. The molecule has 2 unspecified atom stereocenters. The van der Waals surface area contributed by atoms with E-state index in [1.807, 2.05) is 38.1 Å². The van der Waals surface area contributed by atoms with Gasteiger partial charge >= 0.3 is 6.09 Å². The van der Waals surface area contributed by atoms with Crippen molar-refractivity contribution in [1.82, 2.24) is 15.5 Å². The maximum Gasteiger partial charge on any atom is 0.408 e. The van der Waals surface area contributed by atoms with E-state index in [0.29, 0.717) is 17.7 Å². The zero-order chi connectivity index (χ0) is 30.4. The molecule has 0 spiro atoms. The Balaban J connectivity index is 2.44. The number of rotatable bonds is 14. The Morgan fingerprint density at radius 2 is 1.61 bits per heavy atom. The Kier molecular flexibility index (Phi) is 14.2. The van der Waals surface area contributed by atoms with Crippen molar-refractivity contribution in [3.8, 4) is 12.3 Å². The summed E-state index contributed by atoms with van der Waals surface area (Å²) in [5, 5.41) is 6.06. The fraction of sp³-hybridized carbons (Fsp3) is 0.676. The molecule has 1 aromatic carbocycles. The number of ether oxygens (including phenoxy) is 1. The van der Waals surface area contributed by atoms with Crippen LogP contribution in [0.25, 0.3) is 0 Å². The third-order valence-corrected chi connectivity index (χ3v) is 7.55. The molecule has 1 fully saturated rings. The van der Waals surface area contributed by atoms with E-state index in [4.69, 9.17) is 11.2 Å². The molecule has 41 heavy (non-hydrogen) atoms. The highest BCUT2D eigenvalue weighted by Crippen LogP contribution is 2.27. The zero-order valence-electron chi connectivity index (χ0n) is 26.3. The molecular formula is C34H53N3O4. The van der Waals surface area contributed by atoms with E-state index in [-0.39, 0.29) is 23.8 Å². The SMILES string of the molecule is C#Cc1ccc(C(C(=O)NC2CCCCC2)N(CCCCCCCC)C(=O)C(NC(=O)OC(C)(C)C)C(C)C)cc1. The van der Waals surface area contributed by atoms with Crippen LogP contribution in [-0.4, -0.2) is 47.0 Å². The number of hydrogen-bond acceptors (Lipinski definition) is 4. The topological polar surface area (TPSA) is 87.7 Å². The van der Waals surface area contributed by atoms with Crippen LogP contribution >= 0.6 is 0 Å². The Morgan fingerprint density at radius 1 is 1.00 bits per heavy atom. The summed E-state index contributed by atoms with van der Waals surface area (Å²) in [6.07, 6.45) is 16.5. The van der Waals surface area contributed by atoms with E-state index in [1.54, 1.807) is 25.7 Å². The maximum absolute atomic E-state index is 14.3. The smallest absolute Gasteiger partial charge is 0.408 e. The second kappa shape index (κ2) is 17.1. The number of nitrogens with one attached hydrogen (secondary N) is 2. The first-order chi connectivity index (χ1) is 19.5. The van der Waals surface area contributed by atoms with Gasteiger partial charge in [0.1, 0.15) is 17.7 Å². The van der Waals surface area contributed by atoms with E-state index in [9.17, 15) is 14.4 Å². The monoisotopic (exact) mass is 567 g/mol. The quantitative estimate of drug-likeness (QED) is 0.189. The molecule has 3 amide bonds. The van der Waals surface area contributed by atoms with Gasteiger partial charge in [-0.1, -0.05) is 90.2 Å². The number of hydrogen-bond donors (Lipinski definition) is 2. The predicted octanol–water partition coefficient (Wildman–Crippen LogP) is 6.90. The van der Waals surface area contributed by atoms with Crippen LogP contribution in [-0.2, 0) is 14.3 Å². The molecule has 0 aromatic heterocycles. The average molecular weight is 568 g/mol. The minimum absolute atomic E-state index is 0.0931. The number of terminal acetylenes is 1. The van der Waals surface area contributed by atoms with Crippen molar-refractivity contribution in [2.75, 3.05) is 6.54 Å². The second-order valence-corrected chi connectivity index (χ2v) is 12.7. The summed E-state index contributed by atoms with van der Waals surface area (Å²) in [4.78, 5) is 42.8. The summed E-state index contributed by atoms with van der Waals surface area (Å²) in [6.45, 7) is 11.7. The molecule has 1 aromatic rings. The van der Waals surface area contributed by atoms with Crippen LogP contribution in [0.1, 0.15) is 129 Å². The minimum atomic E-state index is -0.847. The summed E-state index contributed by atoms with van der Waals surface area (Å²) >= 11 is 0. The summed E-state index contributed by atoms with van der Waals surface area (Å²) < 4.78 is 5.48. The molecule has 0 aliphatic heterocycles. The lowest BCUT2D eigenvalue weighted by Crippen LogP contribution is -2.55. The first-order valence-electron chi connectivity index (χ1n) is 15.6. The van der Waals surface area contributed by atoms with Gasteiger partial charge in [-0.3, -0.25) is 9.59 Å². The van der Waals surface area contributed by atoms with Crippen LogP contribution in [0, 0.1) is 18.3 Å². The normalized spacial score (nSPS) is 15.5. The van der Waals surface area contributed by atoms with Crippen molar-refractivity contribution >= 4 is 17.9 Å². The highest BCUT2D eigenvalue weighted by atomic mass is 16.6. The standard InChI is InChI=1S/C34H53N3O4/c1-8-10-11-12-13-17-24-37(32(39)29(25(3)4)36-33(40)41-34(5,6)7)30(27-22-20-26(9-2)21-23-27)31(38)35-28-18-15-14-16-19-28/h2,20-23,25,28-30H,8,10-19,24H2,1,3-7H3,(H,35,38)(H,36,40). The van der Waals surface area contributed by atoms with E-state index in [1.165, 1.54) is 12.8 Å².